The molecule has 4 rings (SSSR count). The van der Waals surface area contributed by atoms with Crippen molar-refractivity contribution in [1.29, 1.82) is 0 Å². The zero-order valence-corrected chi connectivity index (χ0v) is 22.7. The number of carbonyl (C=O) groups excluding carboxylic acids is 1. The lowest BCUT2D eigenvalue weighted by molar-refractivity contribution is -0.143. The third kappa shape index (κ3) is 6.17. The van der Waals surface area contributed by atoms with Crippen molar-refractivity contribution in [3.05, 3.63) is 76.7 Å². The maximum absolute atomic E-state index is 13.9. The van der Waals surface area contributed by atoms with Crippen molar-refractivity contribution in [3.8, 4) is 11.1 Å². The van der Waals surface area contributed by atoms with Gasteiger partial charge in [0.05, 0.1) is 34.5 Å². The predicted molar refractivity (Wildman–Crippen MR) is 140 cm³/mol. The minimum absolute atomic E-state index is 0.0150. The van der Waals surface area contributed by atoms with Crippen molar-refractivity contribution < 1.29 is 40.6 Å². The summed E-state index contributed by atoms with van der Waals surface area (Å²) in [6, 6.07) is 6.82. The third-order valence-corrected chi connectivity index (χ3v) is 7.34. The Hall–Kier alpha value is -3.67. The van der Waals surface area contributed by atoms with Crippen molar-refractivity contribution in [2.24, 2.45) is 0 Å². The molecule has 1 amide bonds. The van der Waals surface area contributed by atoms with Gasteiger partial charge >= 0.3 is 12.4 Å². The molecule has 220 valence electrons. The molecule has 1 atom stereocenters. The Labute approximate surface area is 232 Å². The number of nitrogens with zero attached hydrogens (tertiary/aromatic N) is 3. The van der Waals surface area contributed by atoms with E-state index in [9.17, 15) is 40.6 Å². The van der Waals surface area contributed by atoms with Crippen LogP contribution in [0, 0.1) is 12.7 Å². The van der Waals surface area contributed by atoms with Crippen LogP contribution < -0.4 is 9.80 Å². The summed E-state index contributed by atoms with van der Waals surface area (Å²) < 4.78 is 95.1. The average Bonchev–Trinajstić information content (AvgIpc) is 3.32. The van der Waals surface area contributed by atoms with Crippen LogP contribution in [-0.2, 0) is 22.6 Å². The number of pyridine rings is 1. The van der Waals surface area contributed by atoms with Crippen molar-refractivity contribution >= 4 is 17.4 Å². The van der Waals surface area contributed by atoms with E-state index < -0.39 is 52.3 Å². The summed E-state index contributed by atoms with van der Waals surface area (Å²) in [5.41, 5.74) is -3.61. The number of benzene rings is 2. The first-order chi connectivity index (χ1) is 18.9. The van der Waals surface area contributed by atoms with E-state index in [1.807, 2.05) is 4.90 Å². The lowest BCUT2D eigenvalue weighted by Crippen LogP contribution is -2.42. The van der Waals surface area contributed by atoms with Crippen LogP contribution in [0.4, 0.5) is 42.2 Å². The lowest BCUT2D eigenvalue weighted by atomic mass is 9.81. The highest BCUT2D eigenvalue weighted by molar-refractivity contribution is 6.03. The molecule has 0 radical (unpaired) electrons. The summed E-state index contributed by atoms with van der Waals surface area (Å²) in [5.74, 6) is -0.797. The number of hydrogen-bond acceptors (Lipinski definition) is 4. The number of alkyl halides is 6. The molecule has 5 nitrogen and oxygen atoms in total. The summed E-state index contributed by atoms with van der Waals surface area (Å²) >= 11 is 0. The Morgan fingerprint density at radius 3 is 2.05 bits per heavy atom. The number of β-amino-alcohol motifs (C(OH)–C–C–N with tert-alkyl or cyclic N) is 1. The van der Waals surface area contributed by atoms with Crippen LogP contribution in [0.1, 0.15) is 42.5 Å². The molecule has 1 unspecified atom stereocenters. The number of hydrogen-bond donors (Lipinski definition) is 1. The molecule has 0 aliphatic carbocycles. The molecular weight excluding hydrogens is 555 g/mol. The van der Waals surface area contributed by atoms with E-state index >= 15 is 0 Å². The van der Waals surface area contributed by atoms with Gasteiger partial charge in [-0.25, -0.2) is 9.37 Å². The second-order valence-corrected chi connectivity index (χ2v) is 10.7. The molecule has 1 aliphatic heterocycles. The molecule has 1 aliphatic rings. The van der Waals surface area contributed by atoms with Crippen LogP contribution in [-0.4, -0.2) is 42.2 Å². The van der Waals surface area contributed by atoms with Gasteiger partial charge < -0.3 is 14.9 Å². The highest BCUT2D eigenvalue weighted by Gasteiger charge is 2.41. The Balaban J connectivity index is 1.82. The fourth-order valence-electron chi connectivity index (χ4n) is 4.94. The topological polar surface area (TPSA) is 56.7 Å². The molecule has 1 N–H and O–H groups in total. The fraction of sp³-hybridized carbons (Fsp3) is 0.379. The molecule has 1 saturated heterocycles. The predicted octanol–water partition coefficient (Wildman–Crippen LogP) is 6.75. The lowest BCUT2D eigenvalue weighted by Gasteiger charge is -2.32. The van der Waals surface area contributed by atoms with Gasteiger partial charge in [0, 0.05) is 25.7 Å². The molecule has 41 heavy (non-hydrogen) atoms. The second-order valence-electron chi connectivity index (χ2n) is 10.7. The number of halogens is 7. The van der Waals surface area contributed by atoms with Crippen molar-refractivity contribution in [1.82, 2.24) is 4.98 Å². The molecule has 1 fully saturated rings. The van der Waals surface area contributed by atoms with Gasteiger partial charge in [-0.3, -0.25) is 4.79 Å². The van der Waals surface area contributed by atoms with Crippen LogP contribution in [0.5, 0.6) is 0 Å². The van der Waals surface area contributed by atoms with Crippen LogP contribution in [0.15, 0.2) is 48.7 Å². The van der Waals surface area contributed by atoms with Gasteiger partial charge in [0.2, 0.25) is 5.91 Å². The number of likely N-dealkylation sites (N-methyl/N-ethyl adjacent to an activating group) is 1. The van der Waals surface area contributed by atoms with Crippen LogP contribution in [0.2, 0.25) is 0 Å². The Bertz CT molecular complexity index is 1440. The van der Waals surface area contributed by atoms with E-state index in [1.54, 1.807) is 13.0 Å². The first-order valence-electron chi connectivity index (χ1n) is 12.7. The van der Waals surface area contributed by atoms with Crippen LogP contribution >= 0.6 is 0 Å². The highest BCUT2D eigenvalue weighted by Crippen LogP contribution is 2.41. The highest BCUT2D eigenvalue weighted by atomic mass is 19.4. The minimum Gasteiger partial charge on any atom is -0.391 e. The molecule has 0 bridgehead atoms. The zero-order valence-electron chi connectivity index (χ0n) is 22.7. The number of aryl methyl sites for hydroxylation is 1. The van der Waals surface area contributed by atoms with E-state index in [0.717, 1.165) is 4.90 Å². The van der Waals surface area contributed by atoms with Crippen LogP contribution in [0.25, 0.3) is 11.1 Å². The Morgan fingerprint density at radius 1 is 0.951 bits per heavy atom. The van der Waals surface area contributed by atoms with Gasteiger partial charge in [0.15, 0.2) is 0 Å². The second kappa shape index (κ2) is 10.6. The van der Waals surface area contributed by atoms with Gasteiger partial charge in [0.1, 0.15) is 11.6 Å². The number of amides is 1. The quantitative estimate of drug-likeness (QED) is 0.338. The SMILES string of the molecule is Cc1cc(F)ccc1-c1cc(N2CCC(O)C2)ncc1N(C)C(=O)C(C)(C)c1cc(C(F)(F)F)cc(C(F)(F)F)c1. The maximum atomic E-state index is 13.9. The number of carbonyl (C=O) groups is 1. The van der Waals surface area contributed by atoms with E-state index in [0.29, 0.717) is 54.2 Å². The first-order valence-corrected chi connectivity index (χ1v) is 12.7. The molecule has 0 saturated carbocycles. The molecule has 1 aromatic heterocycles. The van der Waals surface area contributed by atoms with E-state index in [2.05, 4.69) is 4.98 Å². The summed E-state index contributed by atoms with van der Waals surface area (Å²) in [4.78, 5) is 21.2. The number of aliphatic hydroxyl groups excluding tert-OH is 1. The van der Waals surface area contributed by atoms with Crippen molar-refractivity contribution in [2.75, 3.05) is 29.9 Å². The number of anilines is 2. The van der Waals surface area contributed by atoms with Crippen molar-refractivity contribution in [2.45, 2.75) is 51.1 Å². The van der Waals surface area contributed by atoms with Crippen LogP contribution in [0.3, 0.4) is 0 Å². The minimum atomic E-state index is -5.07. The standard InChI is InChI=1S/C29H28F7N3O2/c1-16-9-20(30)5-6-22(16)23-13-25(39-8-7-21(40)15-39)37-14-24(23)38(4)26(41)27(2,3)17-10-18(28(31,32)33)12-19(11-17)29(34,35)36/h5-6,9-14,21,40H,7-8,15H2,1-4H3. The smallest absolute Gasteiger partial charge is 0.391 e. The number of aliphatic hydroxyl groups is 1. The van der Waals surface area contributed by atoms with Gasteiger partial charge in [-0.1, -0.05) is 6.07 Å². The molecule has 3 aromatic rings. The first kappa shape index (κ1) is 30.3. The average molecular weight is 584 g/mol. The van der Waals surface area contributed by atoms with E-state index in [4.69, 9.17) is 0 Å². The molecular formula is C29H28F7N3O2. The third-order valence-electron chi connectivity index (χ3n) is 7.34. The van der Waals surface area contributed by atoms with Gasteiger partial charge in [-0.15, -0.1) is 0 Å². The molecule has 2 aromatic carbocycles. The van der Waals surface area contributed by atoms with Gasteiger partial charge in [-0.2, -0.15) is 26.3 Å². The Kier molecular flexibility index (Phi) is 7.85. The summed E-state index contributed by atoms with van der Waals surface area (Å²) in [6.45, 7) is 5.01. The van der Waals surface area contributed by atoms with Crippen molar-refractivity contribution in [3.63, 3.8) is 0 Å². The van der Waals surface area contributed by atoms with E-state index in [-0.39, 0.29) is 11.8 Å². The molecule has 0 spiro atoms. The molecule has 2 heterocycles. The fourth-order valence-corrected chi connectivity index (χ4v) is 4.94. The monoisotopic (exact) mass is 583 g/mol. The number of aromatic nitrogens is 1. The van der Waals surface area contributed by atoms with Gasteiger partial charge in [-0.05, 0) is 80.3 Å². The Morgan fingerprint density at radius 2 is 1.54 bits per heavy atom. The summed E-state index contributed by atoms with van der Waals surface area (Å²) in [6.07, 6.45) is -8.79. The maximum Gasteiger partial charge on any atom is 0.416 e. The largest absolute Gasteiger partial charge is 0.416 e. The number of rotatable bonds is 5. The van der Waals surface area contributed by atoms with Gasteiger partial charge in [0.25, 0.3) is 0 Å². The summed E-state index contributed by atoms with van der Waals surface area (Å²) in [5, 5.41) is 9.97. The molecule has 12 heteroatoms. The zero-order chi connectivity index (χ0) is 30.5. The summed E-state index contributed by atoms with van der Waals surface area (Å²) in [7, 11) is 1.35. The normalized spacial score (nSPS) is 16.3. The van der Waals surface area contributed by atoms with E-state index in [1.165, 1.54) is 45.3 Å².